The van der Waals surface area contributed by atoms with Crippen LogP contribution in [-0.4, -0.2) is 38.4 Å². The van der Waals surface area contributed by atoms with E-state index in [1.165, 1.54) is 24.6 Å². The second-order valence-corrected chi connectivity index (χ2v) is 8.84. The van der Waals surface area contributed by atoms with Crippen molar-refractivity contribution in [2.75, 3.05) is 32.2 Å². The molecule has 6 nitrogen and oxygen atoms in total. The second-order valence-electron chi connectivity index (χ2n) is 7.37. The molecule has 1 N–H and O–H groups in total. The van der Waals surface area contributed by atoms with Crippen LogP contribution in [0, 0.1) is 6.92 Å². The van der Waals surface area contributed by atoms with Crippen molar-refractivity contribution in [1.82, 2.24) is 5.32 Å². The van der Waals surface area contributed by atoms with E-state index in [0.717, 1.165) is 41.3 Å². The van der Waals surface area contributed by atoms with Gasteiger partial charge in [0.1, 0.15) is 11.5 Å². The lowest BCUT2D eigenvalue weighted by Crippen LogP contribution is -2.19. The van der Waals surface area contributed by atoms with E-state index in [2.05, 4.69) is 15.2 Å². The quantitative estimate of drug-likeness (QED) is 0.628. The van der Waals surface area contributed by atoms with E-state index in [1.807, 2.05) is 37.3 Å². The number of ether oxygens (including phenoxy) is 2. The minimum Gasteiger partial charge on any atom is -0.496 e. The van der Waals surface area contributed by atoms with Gasteiger partial charge < -0.3 is 19.7 Å². The largest absolute Gasteiger partial charge is 0.496 e. The van der Waals surface area contributed by atoms with Crippen LogP contribution in [0.3, 0.4) is 0 Å². The van der Waals surface area contributed by atoms with E-state index in [4.69, 9.17) is 21.1 Å². The third-order valence-corrected chi connectivity index (χ3v) is 6.45. The highest BCUT2D eigenvalue weighted by Gasteiger charge is 2.25. The smallest absolute Gasteiger partial charge is 0.264 e. The van der Waals surface area contributed by atoms with Crippen LogP contribution in [-0.2, 0) is 4.79 Å². The van der Waals surface area contributed by atoms with E-state index in [1.54, 1.807) is 20.3 Å². The molecule has 0 bridgehead atoms. The Labute approximate surface area is 191 Å². The number of thioether (sulfide) groups is 1. The highest BCUT2D eigenvalue weighted by atomic mass is 35.5. The SMILES string of the molecule is COc1cc(N2CCCC2)c(OC)cc1C=C1SC(=Nc2cc(Cl)ccc2C)NC1=O. The van der Waals surface area contributed by atoms with Crippen LogP contribution in [0.15, 0.2) is 40.2 Å². The van der Waals surface area contributed by atoms with Crippen LogP contribution in [0.5, 0.6) is 11.5 Å². The van der Waals surface area contributed by atoms with Gasteiger partial charge in [-0.25, -0.2) is 4.99 Å². The molecule has 0 aromatic heterocycles. The first-order valence-electron chi connectivity index (χ1n) is 10.0. The maximum Gasteiger partial charge on any atom is 0.264 e. The molecule has 0 spiro atoms. The predicted molar refractivity (Wildman–Crippen MR) is 128 cm³/mol. The Morgan fingerprint density at radius 1 is 1.13 bits per heavy atom. The van der Waals surface area contributed by atoms with Crippen molar-refractivity contribution in [3.05, 3.63) is 51.4 Å². The predicted octanol–water partition coefficient (Wildman–Crippen LogP) is 5.16. The molecule has 2 saturated heterocycles. The van der Waals surface area contributed by atoms with Crippen molar-refractivity contribution in [2.45, 2.75) is 19.8 Å². The fraction of sp³-hybridized carbons (Fsp3) is 0.304. The molecule has 31 heavy (non-hydrogen) atoms. The van der Waals surface area contributed by atoms with Gasteiger partial charge in [0.2, 0.25) is 0 Å². The Morgan fingerprint density at radius 3 is 2.58 bits per heavy atom. The van der Waals surface area contributed by atoms with Gasteiger partial charge in [-0.1, -0.05) is 17.7 Å². The van der Waals surface area contributed by atoms with Gasteiger partial charge in [0, 0.05) is 29.7 Å². The highest BCUT2D eigenvalue weighted by molar-refractivity contribution is 8.18. The van der Waals surface area contributed by atoms with Crippen molar-refractivity contribution < 1.29 is 14.3 Å². The summed E-state index contributed by atoms with van der Waals surface area (Å²) in [5.41, 5.74) is 3.50. The van der Waals surface area contributed by atoms with Crippen molar-refractivity contribution >= 4 is 51.9 Å². The Bertz CT molecular complexity index is 1080. The lowest BCUT2D eigenvalue weighted by atomic mass is 10.1. The summed E-state index contributed by atoms with van der Waals surface area (Å²) in [6, 6.07) is 9.40. The lowest BCUT2D eigenvalue weighted by Gasteiger charge is -2.22. The lowest BCUT2D eigenvalue weighted by molar-refractivity contribution is -0.115. The number of aliphatic imine (C=N–C) groups is 1. The van der Waals surface area contributed by atoms with Gasteiger partial charge in [0.25, 0.3) is 5.91 Å². The summed E-state index contributed by atoms with van der Waals surface area (Å²) in [5.74, 6) is 1.26. The topological polar surface area (TPSA) is 63.2 Å². The monoisotopic (exact) mass is 457 g/mol. The maximum absolute atomic E-state index is 12.6. The molecule has 0 aliphatic carbocycles. The van der Waals surface area contributed by atoms with E-state index >= 15 is 0 Å². The molecule has 8 heteroatoms. The Morgan fingerprint density at radius 2 is 1.87 bits per heavy atom. The molecular weight excluding hydrogens is 434 g/mol. The number of aryl methyl sites for hydroxylation is 1. The van der Waals surface area contributed by atoms with Crippen LogP contribution in [0.4, 0.5) is 11.4 Å². The van der Waals surface area contributed by atoms with Gasteiger partial charge in [-0.3, -0.25) is 4.79 Å². The number of benzene rings is 2. The third kappa shape index (κ3) is 4.67. The zero-order valence-corrected chi connectivity index (χ0v) is 19.3. The summed E-state index contributed by atoms with van der Waals surface area (Å²) in [5, 5.41) is 3.94. The van der Waals surface area contributed by atoms with E-state index in [9.17, 15) is 4.79 Å². The number of methoxy groups -OCH3 is 2. The first kappa shape index (κ1) is 21.6. The molecule has 0 unspecified atom stereocenters. The van der Waals surface area contributed by atoms with Gasteiger partial charge in [0.15, 0.2) is 5.17 Å². The van der Waals surface area contributed by atoms with Crippen molar-refractivity contribution in [2.24, 2.45) is 4.99 Å². The molecule has 0 radical (unpaired) electrons. The number of halogens is 1. The zero-order chi connectivity index (χ0) is 22.0. The molecule has 1 amide bonds. The number of nitrogens with zero attached hydrogens (tertiary/aromatic N) is 2. The Hall–Kier alpha value is -2.64. The van der Waals surface area contributed by atoms with Gasteiger partial charge in [-0.2, -0.15) is 0 Å². The minimum atomic E-state index is -0.201. The molecule has 162 valence electrons. The van der Waals surface area contributed by atoms with Gasteiger partial charge >= 0.3 is 0 Å². The number of rotatable bonds is 5. The number of hydrogen-bond acceptors (Lipinski definition) is 6. The van der Waals surface area contributed by atoms with E-state index in [-0.39, 0.29) is 5.91 Å². The first-order valence-corrected chi connectivity index (χ1v) is 11.2. The minimum absolute atomic E-state index is 0.201. The van der Waals surface area contributed by atoms with E-state index in [0.29, 0.717) is 20.8 Å². The molecule has 4 rings (SSSR count). The van der Waals surface area contributed by atoms with Crippen molar-refractivity contribution in [3.63, 3.8) is 0 Å². The molecule has 2 aromatic carbocycles. The molecule has 2 heterocycles. The normalized spacial score (nSPS) is 18.7. The third-order valence-electron chi connectivity index (χ3n) is 5.31. The summed E-state index contributed by atoms with van der Waals surface area (Å²) < 4.78 is 11.3. The van der Waals surface area contributed by atoms with Gasteiger partial charge in [-0.05, 0) is 61.4 Å². The number of anilines is 1. The Kier molecular flexibility index (Phi) is 6.43. The average molecular weight is 458 g/mol. The van der Waals surface area contributed by atoms with Crippen LogP contribution in [0.1, 0.15) is 24.0 Å². The average Bonchev–Trinajstić information content (AvgIpc) is 3.40. The van der Waals surface area contributed by atoms with Crippen molar-refractivity contribution in [1.29, 1.82) is 0 Å². The second kappa shape index (κ2) is 9.24. The van der Waals surface area contributed by atoms with Crippen molar-refractivity contribution in [3.8, 4) is 11.5 Å². The number of carbonyl (C=O) groups excluding carboxylic acids is 1. The summed E-state index contributed by atoms with van der Waals surface area (Å²) in [6.07, 6.45) is 4.15. The molecule has 0 saturated carbocycles. The Balaban J connectivity index is 1.65. The summed E-state index contributed by atoms with van der Waals surface area (Å²) in [7, 11) is 3.29. The fourth-order valence-corrected chi connectivity index (χ4v) is 4.65. The zero-order valence-electron chi connectivity index (χ0n) is 17.7. The van der Waals surface area contributed by atoms with Crippen LogP contribution >= 0.6 is 23.4 Å². The summed E-state index contributed by atoms with van der Waals surface area (Å²) in [6.45, 7) is 3.95. The fourth-order valence-electron chi connectivity index (χ4n) is 3.66. The number of hydrogen-bond donors (Lipinski definition) is 1. The van der Waals surface area contributed by atoms with Gasteiger partial charge in [0.05, 0.1) is 30.5 Å². The number of amidine groups is 1. The van der Waals surface area contributed by atoms with Gasteiger partial charge in [-0.15, -0.1) is 0 Å². The molecular formula is C23H24ClN3O3S. The number of nitrogens with one attached hydrogen (secondary N) is 1. The number of amides is 1. The van der Waals surface area contributed by atoms with E-state index < -0.39 is 0 Å². The first-order chi connectivity index (χ1) is 15.0. The van der Waals surface area contributed by atoms with Crippen LogP contribution < -0.4 is 19.7 Å². The summed E-state index contributed by atoms with van der Waals surface area (Å²) >= 11 is 7.37. The maximum atomic E-state index is 12.6. The molecule has 2 aliphatic rings. The molecule has 2 aromatic rings. The molecule has 2 aliphatic heterocycles. The molecule has 2 fully saturated rings. The standard InChI is InChI=1S/C23H24ClN3O3S/c1-14-6-7-16(24)12-17(14)25-23-26-22(28)21(31-23)11-15-10-20(30-3)18(13-19(15)29-2)27-8-4-5-9-27/h6-7,10-13H,4-5,8-9H2,1-3H3,(H,25,26,28). The van der Waals surface area contributed by atoms with Crippen LogP contribution in [0.2, 0.25) is 5.02 Å². The highest BCUT2D eigenvalue weighted by Crippen LogP contribution is 2.39. The number of carbonyl (C=O) groups is 1. The van der Waals surface area contributed by atoms with Crippen LogP contribution in [0.25, 0.3) is 6.08 Å². The summed E-state index contributed by atoms with van der Waals surface area (Å²) in [4.78, 5) is 20.0. The molecule has 0 atom stereocenters.